The summed E-state index contributed by atoms with van der Waals surface area (Å²) in [4.78, 5) is 8.26. The summed E-state index contributed by atoms with van der Waals surface area (Å²) < 4.78 is 19.7. The van der Waals surface area contributed by atoms with Crippen LogP contribution in [0, 0.1) is 0 Å². The zero-order valence-electron chi connectivity index (χ0n) is 2.61. The first-order valence-corrected chi connectivity index (χ1v) is 1.56. The van der Waals surface area contributed by atoms with E-state index in [0.29, 0.717) is 0 Å². The quantitative estimate of drug-likeness (QED) is 0.239. The molecule has 0 rings (SSSR count). The van der Waals surface area contributed by atoms with Crippen molar-refractivity contribution >= 4 is 8.77 Å². The van der Waals surface area contributed by atoms with Crippen molar-refractivity contribution in [2.75, 3.05) is 0 Å². The van der Waals surface area contributed by atoms with E-state index in [4.69, 9.17) is 4.89 Å². The Bertz CT molecular complexity index is 14.4. The van der Waals surface area contributed by atoms with E-state index in [0.717, 1.165) is 0 Å². The van der Waals surface area contributed by atoms with Crippen LogP contribution in [0.1, 0.15) is 0 Å². The molecule has 0 spiro atoms. The minimum Gasteiger partial charge on any atom is -0.778 e. The number of hydrogen-bond acceptors (Lipinski definition) is 1. The first-order valence-electron chi connectivity index (χ1n) is 0.521. The molecule has 0 aliphatic rings. The van der Waals surface area contributed by atoms with E-state index in [9.17, 15) is 8.39 Å². The van der Waals surface area contributed by atoms with Gasteiger partial charge in [-0.1, -0.05) is 0 Å². The summed E-state index contributed by atoms with van der Waals surface area (Å²) in [6, 6.07) is 0. The smallest absolute Gasteiger partial charge is 0.778 e. The van der Waals surface area contributed by atoms with E-state index in [1.807, 2.05) is 0 Å². The van der Waals surface area contributed by atoms with Crippen molar-refractivity contribution in [2.24, 2.45) is 0 Å². The zero-order valence-corrected chi connectivity index (χ0v) is 3.51. The second-order valence-corrected chi connectivity index (χ2v) is 0.606. The maximum atomic E-state index is 9.84. The van der Waals surface area contributed by atoms with Crippen molar-refractivity contribution < 1.29 is 32.1 Å². The van der Waals surface area contributed by atoms with Crippen LogP contribution in [0.25, 0.3) is 0 Å². The van der Waals surface area contributed by atoms with Crippen LogP contribution in [0.3, 0.4) is 0 Å². The Morgan fingerprint density at radius 2 is 1.40 bits per heavy atom. The van der Waals surface area contributed by atoms with Gasteiger partial charge in [-0.25, -0.2) is 8.39 Å². The molecule has 5 heteroatoms. The van der Waals surface area contributed by atoms with Crippen molar-refractivity contribution in [2.45, 2.75) is 0 Å². The molecule has 0 aliphatic heterocycles. The molecule has 0 radical (unpaired) electrons. The number of halogens is 2. The SMILES string of the molecule is [Li+].[O-]P(F)F. The topological polar surface area (TPSA) is 23.1 Å². The monoisotopic (exact) mass is 92.0 g/mol. The normalized spacial score (nSPS) is 7.20. The molecule has 0 aromatic rings. The molecule has 0 unspecified atom stereocenters. The molecule has 0 fully saturated rings. The van der Waals surface area contributed by atoms with Gasteiger partial charge in [0, 0.05) is 0 Å². The van der Waals surface area contributed by atoms with Gasteiger partial charge in [0.2, 0.25) is 0 Å². The molecule has 0 saturated carbocycles. The predicted molar refractivity (Wildman–Crippen MR) is 9.14 cm³/mol. The Kier molecular flexibility index (Phi) is 9.00. The van der Waals surface area contributed by atoms with Gasteiger partial charge in [0.05, 0.1) is 0 Å². The molecule has 0 aromatic heterocycles. The van der Waals surface area contributed by atoms with Crippen molar-refractivity contribution in [1.29, 1.82) is 0 Å². The average molecular weight is 91.9 g/mol. The molecule has 0 saturated heterocycles. The van der Waals surface area contributed by atoms with Crippen LogP contribution in [-0.2, 0) is 0 Å². The van der Waals surface area contributed by atoms with Gasteiger partial charge in [0.15, 0.2) is 8.77 Å². The van der Waals surface area contributed by atoms with Crippen molar-refractivity contribution in [1.82, 2.24) is 0 Å². The molecular formula is F2LiOP. The fourth-order valence-electron chi connectivity index (χ4n) is 0. The van der Waals surface area contributed by atoms with Gasteiger partial charge in [-0.15, -0.1) is 0 Å². The molecule has 0 aliphatic carbocycles. The van der Waals surface area contributed by atoms with Crippen LogP contribution in [0.5, 0.6) is 0 Å². The van der Waals surface area contributed by atoms with Gasteiger partial charge in [-0.05, 0) is 0 Å². The molecule has 1 nitrogen and oxygen atoms in total. The largest absolute Gasteiger partial charge is 1.00 e. The molecule has 5 heavy (non-hydrogen) atoms. The van der Waals surface area contributed by atoms with Crippen LogP contribution in [0.4, 0.5) is 8.39 Å². The van der Waals surface area contributed by atoms with Crippen LogP contribution in [-0.4, -0.2) is 0 Å². The van der Waals surface area contributed by atoms with Gasteiger partial charge in [0.25, 0.3) is 0 Å². The molecule has 0 N–H and O–H groups in total. The van der Waals surface area contributed by atoms with Crippen molar-refractivity contribution in [3.05, 3.63) is 0 Å². The maximum Gasteiger partial charge on any atom is 1.00 e. The summed E-state index contributed by atoms with van der Waals surface area (Å²) in [5.41, 5.74) is 0. The molecule has 0 bridgehead atoms. The maximum absolute atomic E-state index is 9.84. The first-order chi connectivity index (χ1) is 1.73. The summed E-state index contributed by atoms with van der Waals surface area (Å²) in [5, 5.41) is 0. The van der Waals surface area contributed by atoms with Crippen LogP contribution in [0.15, 0.2) is 0 Å². The summed E-state index contributed by atoms with van der Waals surface area (Å²) in [6.07, 6.45) is 0. The van der Waals surface area contributed by atoms with Crippen LogP contribution < -0.4 is 23.8 Å². The van der Waals surface area contributed by atoms with Gasteiger partial charge in [-0.2, -0.15) is 0 Å². The van der Waals surface area contributed by atoms with E-state index in [1.165, 1.54) is 0 Å². The number of rotatable bonds is 0. The van der Waals surface area contributed by atoms with Crippen molar-refractivity contribution in [3.8, 4) is 0 Å². The Balaban J connectivity index is 0. The van der Waals surface area contributed by atoms with Gasteiger partial charge >= 0.3 is 18.9 Å². The molecule has 0 atom stereocenters. The van der Waals surface area contributed by atoms with Gasteiger partial charge < -0.3 is 4.89 Å². The summed E-state index contributed by atoms with van der Waals surface area (Å²) in [7, 11) is -3.87. The number of hydrogen-bond donors (Lipinski definition) is 0. The van der Waals surface area contributed by atoms with E-state index < -0.39 is 8.77 Å². The summed E-state index contributed by atoms with van der Waals surface area (Å²) in [5.74, 6) is 0. The molecule has 26 valence electrons. The Labute approximate surface area is 41.6 Å². The Morgan fingerprint density at radius 3 is 1.40 bits per heavy atom. The van der Waals surface area contributed by atoms with E-state index in [-0.39, 0.29) is 18.9 Å². The van der Waals surface area contributed by atoms with E-state index >= 15 is 0 Å². The molecular weight excluding hydrogens is 91.9 g/mol. The first kappa shape index (κ1) is 9.28. The second-order valence-electron chi connectivity index (χ2n) is 0.202. The van der Waals surface area contributed by atoms with Gasteiger partial charge in [0.1, 0.15) is 0 Å². The molecule has 0 amide bonds. The second kappa shape index (κ2) is 4.85. The van der Waals surface area contributed by atoms with E-state index in [1.54, 1.807) is 0 Å². The fraction of sp³-hybridized carbons (Fsp3) is 0. The predicted octanol–water partition coefficient (Wildman–Crippen LogP) is -2.48. The summed E-state index contributed by atoms with van der Waals surface area (Å²) >= 11 is 0. The standard InChI is InChI=1S/F2OP.Li/c1-4(2)3;/q-1;+1. The van der Waals surface area contributed by atoms with Crippen LogP contribution in [0.2, 0.25) is 0 Å². The zero-order chi connectivity index (χ0) is 3.58. The molecule has 0 heterocycles. The third kappa shape index (κ3) is 54.7. The van der Waals surface area contributed by atoms with E-state index in [2.05, 4.69) is 0 Å². The minimum atomic E-state index is -3.87. The summed E-state index contributed by atoms with van der Waals surface area (Å²) in [6.45, 7) is 0. The Morgan fingerprint density at radius 1 is 1.40 bits per heavy atom. The average Bonchev–Trinajstić information content (AvgIpc) is 0.811. The fourth-order valence-corrected chi connectivity index (χ4v) is 0. The van der Waals surface area contributed by atoms with Crippen LogP contribution >= 0.6 is 8.77 Å². The molecule has 0 aromatic carbocycles. The van der Waals surface area contributed by atoms with Crippen molar-refractivity contribution in [3.63, 3.8) is 0 Å². The third-order valence-electron chi connectivity index (χ3n) is 0. The van der Waals surface area contributed by atoms with Gasteiger partial charge in [-0.3, -0.25) is 0 Å². The minimum absolute atomic E-state index is 0. The Hall–Kier alpha value is 0.847. The third-order valence-corrected chi connectivity index (χ3v) is 0.